The average Bonchev–Trinajstić information content (AvgIpc) is 3.32. The van der Waals surface area contributed by atoms with E-state index >= 15 is 0 Å². The van der Waals surface area contributed by atoms with E-state index in [1.54, 1.807) is 6.20 Å². The zero-order valence-corrected chi connectivity index (χ0v) is 14.5. The first kappa shape index (κ1) is 16.1. The third kappa shape index (κ3) is 3.39. The summed E-state index contributed by atoms with van der Waals surface area (Å²) in [5, 5.41) is 5.89. The fourth-order valence-corrected chi connectivity index (χ4v) is 3.51. The molecule has 1 aromatic heterocycles. The molecule has 2 fully saturated rings. The minimum Gasteiger partial charge on any atom is -0.441 e. The van der Waals surface area contributed by atoms with E-state index in [4.69, 9.17) is 9.15 Å². The molecule has 1 aromatic carbocycles. The summed E-state index contributed by atoms with van der Waals surface area (Å²) in [6.45, 7) is 4.13. The van der Waals surface area contributed by atoms with E-state index < -0.39 is 0 Å². The normalized spacial score (nSPS) is 24.7. The number of hydrogen-bond acceptors (Lipinski definition) is 4. The summed E-state index contributed by atoms with van der Waals surface area (Å²) in [6.07, 6.45) is 5.34. The number of anilines is 1. The molecule has 25 heavy (non-hydrogen) atoms. The van der Waals surface area contributed by atoms with Gasteiger partial charge >= 0.3 is 6.03 Å². The number of nitrogens with one attached hydrogen (secondary N) is 2. The monoisotopic (exact) mass is 341 g/mol. The number of carbonyl (C=O) groups excluding carboxylic acids is 1. The highest BCUT2D eigenvalue weighted by atomic mass is 16.5. The maximum Gasteiger partial charge on any atom is 0.319 e. The summed E-state index contributed by atoms with van der Waals surface area (Å²) >= 11 is 0. The number of benzene rings is 1. The second-order valence-corrected chi connectivity index (χ2v) is 7.11. The van der Waals surface area contributed by atoms with Crippen LogP contribution in [0.5, 0.6) is 0 Å². The van der Waals surface area contributed by atoms with Crippen LogP contribution >= 0.6 is 0 Å². The molecule has 4 rings (SSSR count). The van der Waals surface area contributed by atoms with Crippen molar-refractivity contribution in [1.29, 1.82) is 0 Å². The molecule has 2 aliphatic heterocycles. The third-order valence-corrected chi connectivity index (χ3v) is 4.90. The Hall–Kier alpha value is -2.34. The first-order valence-electron chi connectivity index (χ1n) is 8.87. The lowest BCUT2D eigenvalue weighted by molar-refractivity contribution is 0.0984. The molecule has 6 nitrogen and oxygen atoms in total. The number of nitrogens with zero attached hydrogens (tertiary/aromatic N) is 1. The molecule has 2 bridgehead atoms. The number of amides is 2. The van der Waals surface area contributed by atoms with Crippen molar-refractivity contribution in [3.8, 4) is 11.5 Å². The number of carbonyl (C=O) groups is 1. The van der Waals surface area contributed by atoms with Gasteiger partial charge in [-0.05, 0) is 43.5 Å². The second kappa shape index (κ2) is 6.52. The Kier molecular flexibility index (Phi) is 4.21. The molecule has 0 unspecified atom stereocenters. The standard InChI is InChI=1S/C19H23N3O3/c1-11(2)17-10-20-18(25-17)12-3-5-13(6-4-12)21-19(23)22-15-9-14-7-8-16(15)24-14/h3-6,10-11,14-16H,7-9H2,1-2H3,(H2,21,22,23)/t14-,15-,16-/m1/s1. The Morgan fingerprint density at radius 3 is 2.64 bits per heavy atom. The molecule has 0 aliphatic carbocycles. The van der Waals surface area contributed by atoms with Gasteiger partial charge in [-0.2, -0.15) is 0 Å². The second-order valence-electron chi connectivity index (χ2n) is 7.11. The summed E-state index contributed by atoms with van der Waals surface area (Å²) < 4.78 is 11.5. The number of ether oxygens (including phenoxy) is 1. The Morgan fingerprint density at radius 2 is 2.04 bits per heavy atom. The summed E-state index contributed by atoms with van der Waals surface area (Å²) in [5.74, 6) is 1.77. The molecule has 2 aliphatic rings. The van der Waals surface area contributed by atoms with Crippen LogP contribution in [-0.4, -0.2) is 29.3 Å². The zero-order valence-electron chi connectivity index (χ0n) is 14.5. The van der Waals surface area contributed by atoms with Gasteiger partial charge in [-0.25, -0.2) is 9.78 Å². The van der Waals surface area contributed by atoms with E-state index in [1.165, 1.54) is 0 Å². The SMILES string of the molecule is CC(C)c1cnc(-c2ccc(NC(=O)N[C@@H]3C[C@H]4CC[C@H]3O4)cc2)o1. The highest BCUT2D eigenvalue weighted by Gasteiger charge is 2.41. The quantitative estimate of drug-likeness (QED) is 0.884. The average molecular weight is 341 g/mol. The van der Waals surface area contributed by atoms with Crippen molar-refractivity contribution < 1.29 is 13.9 Å². The van der Waals surface area contributed by atoms with Gasteiger partial charge in [0.1, 0.15) is 5.76 Å². The molecule has 3 heterocycles. The number of urea groups is 1. The van der Waals surface area contributed by atoms with Crippen LogP contribution < -0.4 is 10.6 Å². The van der Waals surface area contributed by atoms with Crippen LogP contribution in [0.3, 0.4) is 0 Å². The van der Waals surface area contributed by atoms with Crippen LogP contribution in [0.25, 0.3) is 11.5 Å². The minimum absolute atomic E-state index is 0.125. The highest BCUT2D eigenvalue weighted by Crippen LogP contribution is 2.34. The highest BCUT2D eigenvalue weighted by molar-refractivity contribution is 5.89. The Labute approximate surface area is 147 Å². The summed E-state index contributed by atoms with van der Waals surface area (Å²) in [7, 11) is 0. The predicted molar refractivity (Wildman–Crippen MR) is 94.5 cm³/mol. The smallest absolute Gasteiger partial charge is 0.319 e. The summed E-state index contributed by atoms with van der Waals surface area (Å²) in [6, 6.07) is 7.43. The first-order chi connectivity index (χ1) is 12.1. The van der Waals surface area contributed by atoms with Gasteiger partial charge in [0.15, 0.2) is 0 Å². The first-order valence-corrected chi connectivity index (χ1v) is 8.87. The third-order valence-electron chi connectivity index (χ3n) is 4.90. The lowest BCUT2D eigenvalue weighted by Gasteiger charge is -2.20. The lowest BCUT2D eigenvalue weighted by atomic mass is 9.96. The molecule has 0 saturated carbocycles. The Morgan fingerprint density at radius 1 is 1.24 bits per heavy atom. The zero-order chi connectivity index (χ0) is 17.4. The molecule has 2 amide bonds. The number of fused-ring (bicyclic) bond motifs is 2. The molecule has 3 atom stereocenters. The summed E-state index contributed by atoms with van der Waals surface area (Å²) in [4.78, 5) is 16.5. The van der Waals surface area contributed by atoms with E-state index in [2.05, 4.69) is 29.5 Å². The van der Waals surface area contributed by atoms with E-state index in [-0.39, 0.29) is 18.2 Å². The van der Waals surface area contributed by atoms with Gasteiger partial charge in [0, 0.05) is 17.2 Å². The van der Waals surface area contributed by atoms with Gasteiger partial charge < -0.3 is 19.8 Å². The van der Waals surface area contributed by atoms with Gasteiger partial charge in [-0.1, -0.05) is 13.8 Å². The van der Waals surface area contributed by atoms with Gasteiger partial charge in [0.2, 0.25) is 5.89 Å². The van der Waals surface area contributed by atoms with Gasteiger partial charge in [0.25, 0.3) is 0 Å². The molecule has 2 saturated heterocycles. The van der Waals surface area contributed by atoms with Crippen molar-refractivity contribution in [2.45, 2.75) is 57.3 Å². The van der Waals surface area contributed by atoms with Crippen LogP contribution in [0.4, 0.5) is 10.5 Å². The molecule has 2 N–H and O–H groups in total. The molecule has 2 aromatic rings. The van der Waals surface area contributed by atoms with Crippen LogP contribution in [-0.2, 0) is 4.74 Å². The molecule has 6 heteroatoms. The lowest BCUT2D eigenvalue weighted by Crippen LogP contribution is -2.43. The van der Waals surface area contributed by atoms with Gasteiger partial charge in [-0.15, -0.1) is 0 Å². The van der Waals surface area contributed by atoms with E-state index in [1.807, 2.05) is 24.3 Å². The molecule has 0 spiro atoms. The van der Waals surface area contributed by atoms with Gasteiger partial charge in [0.05, 0.1) is 24.4 Å². The van der Waals surface area contributed by atoms with E-state index in [0.717, 1.165) is 36.3 Å². The van der Waals surface area contributed by atoms with E-state index in [9.17, 15) is 4.79 Å². The Bertz CT molecular complexity index is 754. The molecule has 132 valence electrons. The van der Waals surface area contributed by atoms with Crippen LogP contribution in [0.1, 0.15) is 44.8 Å². The van der Waals surface area contributed by atoms with Crippen LogP contribution in [0.15, 0.2) is 34.9 Å². The maximum atomic E-state index is 12.2. The molecule has 0 radical (unpaired) electrons. The van der Waals surface area contributed by atoms with Crippen molar-refractivity contribution in [3.63, 3.8) is 0 Å². The topological polar surface area (TPSA) is 76.4 Å². The molecular formula is C19H23N3O3. The minimum atomic E-state index is -0.188. The van der Waals surface area contributed by atoms with Crippen molar-refractivity contribution >= 4 is 11.7 Å². The number of aromatic nitrogens is 1. The number of hydrogen-bond donors (Lipinski definition) is 2. The fourth-order valence-electron chi connectivity index (χ4n) is 3.51. The van der Waals surface area contributed by atoms with E-state index in [0.29, 0.717) is 17.9 Å². The maximum absolute atomic E-state index is 12.2. The van der Waals surface area contributed by atoms with Crippen molar-refractivity contribution in [1.82, 2.24) is 10.3 Å². The Balaban J connectivity index is 1.36. The fraction of sp³-hybridized carbons (Fsp3) is 0.474. The van der Waals surface area contributed by atoms with Gasteiger partial charge in [-0.3, -0.25) is 0 Å². The van der Waals surface area contributed by atoms with Crippen LogP contribution in [0.2, 0.25) is 0 Å². The summed E-state index contributed by atoms with van der Waals surface area (Å²) in [5.41, 5.74) is 1.63. The number of rotatable bonds is 4. The predicted octanol–water partition coefficient (Wildman–Crippen LogP) is 3.91. The van der Waals surface area contributed by atoms with Crippen molar-refractivity contribution in [3.05, 3.63) is 36.2 Å². The van der Waals surface area contributed by atoms with Crippen molar-refractivity contribution in [2.24, 2.45) is 0 Å². The molecular weight excluding hydrogens is 318 g/mol. The largest absolute Gasteiger partial charge is 0.441 e. The number of oxazole rings is 1. The van der Waals surface area contributed by atoms with Crippen LogP contribution in [0, 0.1) is 0 Å². The van der Waals surface area contributed by atoms with Crippen molar-refractivity contribution in [2.75, 3.05) is 5.32 Å².